The summed E-state index contributed by atoms with van der Waals surface area (Å²) in [7, 11) is 1.30. The number of hydrogen-bond donors (Lipinski definition) is 1. The molecule has 0 aliphatic heterocycles. The van der Waals surface area contributed by atoms with Gasteiger partial charge in [-0.1, -0.05) is 6.07 Å². The molecule has 2 heterocycles. The lowest BCUT2D eigenvalue weighted by Crippen LogP contribution is -2.09. The third-order valence-electron chi connectivity index (χ3n) is 2.21. The third kappa shape index (κ3) is 3.00. The first-order chi connectivity index (χ1) is 8.79. The smallest absolute Gasteiger partial charge is 0.358 e. The molecular weight excluding hydrogens is 232 g/mol. The molecule has 6 heteroatoms. The lowest BCUT2D eigenvalue weighted by atomic mass is 10.3. The van der Waals surface area contributed by atoms with E-state index in [0.717, 1.165) is 5.69 Å². The van der Waals surface area contributed by atoms with Crippen molar-refractivity contribution >= 4 is 11.8 Å². The average Bonchev–Trinajstić information content (AvgIpc) is 2.45. The number of ether oxygens (including phenoxy) is 1. The largest absolute Gasteiger partial charge is 0.464 e. The summed E-state index contributed by atoms with van der Waals surface area (Å²) in [5, 5.41) is 3.04. The molecule has 92 valence electrons. The molecule has 0 radical (unpaired) electrons. The second kappa shape index (κ2) is 5.72. The van der Waals surface area contributed by atoms with Crippen LogP contribution >= 0.6 is 0 Å². The number of nitrogens with one attached hydrogen (secondary N) is 1. The van der Waals surface area contributed by atoms with Gasteiger partial charge in [0.15, 0.2) is 5.69 Å². The first-order valence-electron chi connectivity index (χ1n) is 5.34. The Morgan fingerprint density at radius 1 is 1.39 bits per heavy atom. The predicted molar refractivity (Wildman–Crippen MR) is 64.9 cm³/mol. The van der Waals surface area contributed by atoms with E-state index in [4.69, 9.17) is 0 Å². The summed E-state index contributed by atoms with van der Waals surface area (Å²) < 4.78 is 4.57. The van der Waals surface area contributed by atoms with Crippen LogP contribution in [0.5, 0.6) is 0 Å². The SMILES string of the molecule is COC(=O)c1cncc(NCc2ccccn2)n1. The molecule has 0 amide bonds. The van der Waals surface area contributed by atoms with Crippen LogP contribution in [-0.2, 0) is 11.3 Å². The van der Waals surface area contributed by atoms with Crippen LogP contribution in [0.1, 0.15) is 16.2 Å². The van der Waals surface area contributed by atoms with E-state index in [1.165, 1.54) is 19.5 Å². The highest BCUT2D eigenvalue weighted by Gasteiger charge is 2.08. The summed E-state index contributed by atoms with van der Waals surface area (Å²) >= 11 is 0. The molecule has 0 bridgehead atoms. The number of carbonyl (C=O) groups is 1. The van der Waals surface area contributed by atoms with Gasteiger partial charge < -0.3 is 10.1 Å². The topological polar surface area (TPSA) is 77.0 Å². The zero-order chi connectivity index (χ0) is 12.8. The summed E-state index contributed by atoms with van der Waals surface area (Å²) in [6, 6.07) is 5.65. The second-order valence-electron chi connectivity index (χ2n) is 3.46. The zero-order valence-corrected chi connectivity index (χ0v) is 9.83. The maximum Gasteiger partial charge on any atom is 0.358 e. The van der Waals surface area contributed by atoms with Crippen molar-refractivity contribution in [3.05, 3.63) is 48.2 Å². The fourth-order valence-corrected chi connectivity index (χ4v) is 1.34. The van der Waals surface area contributed by atoms with Crippen molar-refractivity contribution in [3.63, 3.8) is 0 Å². The minimum absolute atomic E-state index is 0.170. The Morgan fingerprint density at radius 2 is 2.28 bits per heavy atom. The van der Waals surface area contributed by atoms with Crippen molar-refractivity contribution in [2.24, 2.45) is 0 Å². The highest BCUT2D eigenvalue weighted by atomic mass is 16.5. The first-order valence-corrected chi connectivity index (χ1v) is 5.34. The Hall–Kier alpha value is -2.50. The van der Waals surface area contributed by atoms with Crippen LogP contribution in [0.15, 0.2) is 36.8 Å². The molecule has 0 fully saturated rings. The van der Waals surface area contributed by atoms with Gasteiger partial charge in [0.25, 0.3) is 0 Å². The molecule has 0 spiro atoms. The summed E-state index contributed by atoms with van der Waals surface area (Å²) in [5.74, 6) is -0.00691. The molecular formula is C12H12N4O2. The summed E-state index contributed by atoms with van der Waals surface area (Å²) in [6.07, 6.45) is 4.61. The lowest BCUT2D eigenvalue weighted by molar-refractivity contribution is 0.0593. The fraction of sp³-hybridized carbons (Fsp3) is 0.167. The molecule has 0 aliphatic rings. The number of aromatic nitrogens is 3. The Bertz CT molecular complexity index is 531. The van der Waals surface area contributed by atoms with Gasteiger partial charge in [-0.3, -0.25) is 9.97 Å². The lowest BCUT2D eigenvalue weighted by Gasteiger charge is -2.05. The number of hydrogen-bond acceptors (Lipinski definition) is 6. The van der Waals surface area contributed by atoms with Crippen molar-refractivity contribution < 1.29 is 9.53 Å². The molecule has 0 saturated carbocycles. The van der Waals surface area contributed by atoms with E-state index in [2.05, 4.69) is 25.0 Å². The van der Waals surface area contributed by atoms with E-state index < -0.39 is 5.97 Å². The number of rotatable bonds is 4. The van der Waals surface area contributed by atoms with E-state index in [-0.39, 0.29) is 5.69 Å². The van der Waals surface area contributed by atoms with Gasteiger partial charge in [-0.2, -0.15) is 0 Å². The van der Waals surface area contributed by atoms with Gasteiger partial charge in [0.1, 0.15) is 5.82 Å². The van der Waals surface area contributed by atoms with Crippen molar-refractivity contribution in [2.45, 2.75) is 6.54 Å². The van der Waals surface area contributed by atoms with E-state index >= 15 is 0 Å². The van der Waals surface area contributed by atoms with Gasteiger partial charge in [0, 0.05) is 6.20 Å². The molecule has 2 rings (SSSR count). The number of esters is 1. The van der Waals surface area contributed by atoms with Gasteiger partial charge in [-0.05, 0) is 12.1 Å². The molecule has 0 aromatic carbocycles. The normalized spacial score (nSPS) is 9.83. The maximum atomic E-state index is 11.3. The number of nitrogens with zero attached hydrogens (tertiary/aromatic N) is 3. The fourth-order valence-electron chi connectivity index (χ4n) is 1.34. The Labute approximate surface area is 104 Å². The van der Waals surface area contributed by atoms with Crippen LogP contribution in [0, 0.1) is 0 Å². The van der Waals surface area contributed by atoms with Crippen molar-refractivity contribution in [3.8, 4) is 0 Å². The first kappa shape index (κ1) is 12.0. The van der Waals surface area contributed by atoms with E-state index in [0.29, 0.717) is 12.4 Å². The quantitative estimate of drug-likeness (QED) is 0.816. The number of methoxy groups -OCH3 is 1. The van der Waals surface area contributed by atoms with Crippen molar-refractivity contribution in [1.82, 2.24) is 15.0 Å². The second-order valence-corrected chi connectivity index (χ2v) is 3.46. The minimum Gasteiger partial charge on any atom is -0.464 e. The summed E-state index contributed by atoms with van der Waals surface area (Å²) in [6.45, 7) is 0.514. The number of carbonyl (C=O) groups excluding carboxylic acids is 1. The monoisotopic (exact) mass is 244 g/mol. The van der Waals surface area contributed by atoms with Crippen LogP contribution in [0.2, 0.25) is 0 Å². The molecule has 2 aromatic rings. The summed E-state index contributed by atoms with van der Waals surface area (Å²) in [4.78, 5) is 23.4. The zero-order valence-electron chi connectivity index (χ0n) is 9.83. The maximum absolute atomic E-state index is 11.3. The summed E-state index contributed by atoms with van der Waals surface area (Å²) in [5.41, 5.74) is 1.05. The standard InChI is InChI=1S/C12H12N4O2/c1-18-12(17)10-7-13-8-11(16-10)15-6-9-4-2-3-5-14-9/h2-5,7-8H,6H2,1H3,(H,15,16). The highest BCUT2D eigenvalue weighted by molar-refractivity contribution is 5.87. The third-order valence-corrected chi connectivity index (χ3v) is 2.21. The van der Waals surface area contributed by atoms with Gasteiger partial charge in [-0.25, -0.2) is 9.78 Å². The van der Waals surface area contributed by atoms with Crippen LogP contribution in [0.25, 0.3) is 0 Å². The molecule has 6 nitrogen and oxygen atoms in total. The number of pyridine rings is 1. The predicted octanol–water partition coefficient (Wildman–Crippen LogP) is 1.27. The van der Waals surface area contributed by atoms with Gasteiger partial charge in [0.2, 0.25) is 0 Å². The van der Waals surface area contributed by atoms with Gasteiger partial charge >= 0.3 is 5.97 Å². The Balaban J connectivity index is 2.04. The van der Waals surface area contributed by atoms with E-state index in [1.54, 1.807) is 6.20 Å². The van der Waals surface area contributed by atoms with Crippen LogP contribution in [0.4, 0.5) is 5.82 Å². The van der Waals surface area contributed by atoms with Crippen molar-refractivity contribution in [1.29, 1.82) is 0 Å². The molecule has 0 aliphatic carbocycles. The molecule has 0 unspecified atom stereocenters. The van der Waals surface area contributed by atoms with Gasteiger partial charge in [0.05, 0.1) is 31.7 Å². The van der Waals surface area contributed by atoms with Crippen LogP contribution < -0.4 is 5.32 Å². The minimum atomic E-state index is -0.510. The van der Waals surface area contributed by atoms with Crippen LogP contribution in [0.3, 0.4) is 0 Å². The molecule has 0 saturated heterocycles. The average molecular weight is 244 g/mol. The molecule has 1 N–H and O–H groups in total. The molecule has 0 atom stereocenters. The molecule has 2 aromatic heterocycles. The van der Waals surface area contributed by atoms with E-state index in [9.17, 15) is 4.79 Å². The molecule has 18 heavy (non-hydrogen) atoms. The van der Waals surface area contributed by atoms with Crippen LogP contribution in [-0.4, -0.2) is 28.0 Å². The highest BCUT2D eigenvalue weighted by Crippen LogP contribution is 2.05. The van der Waals surface area contributed by atoms with E-state index in [1.807, 2.05) is 18.2 Å². The van der Waals surface area contributed by atoms with Crippen molar-refractivity contribution in [2.75, 3.05) is 12.4 Å². The van der Waals surface area contributed by atoms with Gasteiger partial charge in [-0.15, -0.1) is 0 Å². The number of anilines is 1. The Morgan fingerprint density at radius 3 is 3.00 bits per heavy atom. The Kier molecular flexibility index (Phi) is 3.80.